The summed E-state index contributed by atoms with van der Waals surface area (Å²) in [4.78, 5) is 13.6. The highest BCUT2D eigenvalue weighted by atomic mass is 16.4. The van der Waals surface area contributed by atoms with Crippen LogP contribution in [0.15, 0.2) is 6.20 Å². The van der Waals surface area contributed by atoms with Crippen LogP contribution in [0.25, 0.3) is 0 Å². The second-order valence-corrected chi connectivity index (χ2v) is 5.84. The molecule has 1 aliphatic rings. The van der Waals surface area contributed by atoms with Gasteiger partial charge in [-0.05, 0) is 45.8 Å². The third-order valence-electron chi connectivity index (χ3n) is 4.32. The largest absolute Gasteiger partial charge is 0.478 e. The molecule has 6 nitrogen and oxygen atoms in total. The van der Waals surface area contributed by atoms with Crippen molar-refractivity contribution in [2.45, 2.75) is 45.2 Å². The van der Waals surface area contributed by atoms with Gasteiger partial charge in [-0.25, -0.2) is 4.79 Å². The highest BCUT2D eigenvalue weighted by Gasteiger charge is 2.17. The number of aromatic nitrogens is 2. The van der Waals surface area contributed by atoms with Gasteiger partial charge in [0.15, 0.2) is 0 Å². The van der Waals surface area contributed by atoms with Gasteiger partial charge < -0.3 is 15.3 Å². The Morgan fingerprint density at radius 3 is 3.05 bits per heavy atom. The van der Waals surface area contributed by atoms with E-state index >= 15 is 0 Å². The Morgan fingerprint density at radius 1 is 1.52 bits per heavy atom. The summed E-state index contributed by atoms with van der Waals surface area (Å²) >= 11 is 0. The lowest BCUT2D eigenvalue weighted by molar-refractivity contribution is 0.0695. The zero-order valence-electron chi connectivity index (χ0n) is 13.0. The molecule has 6 heteroatoms. The SMILES string of the molecule is CC1CCCCN1CCCNCc1c(C(=O)O)cnn1C. The summed E-state index contributed by atoms with van der Waals surface area (Å²) in [6.45, 7) is 6.08. The molecule has 1 saturated heterocycles. The van der Waals surface area contributed by atoms with E-state index in [0.717, 1.165) is 25.2 Å². The van der Waals surface area contributed by atoms with Gasteiger partial charge in [0.2, 0.25) is 0 Å². The topological polar surface area (TPSA) is 70.4 Å². The van der Waals surface area contributed by atoms with Crippen LogP contribution in [0.1, 0.15) is 48.7 Å². The second-order valence-electron chi connectivity index (χ2n) is 5.84. The van der Waals surface area contributed by atoms with Gasteiger partial charge in [-0.2, -0.15) is 5.10 Å². The first-order valence-corrected chi connectivity index (χ1v) is 7.78. The monoisotopic (exact) mass is 294 g/mol. The number of carboxylic acids is 1. The van der Waals surface area contributed by atoms with Crippen molar-refractivity contribution >= 4 is 5.97 Å². The molecule has 2 rings (SSSR count). The van der Waals surface area contributed by atoms with Crippen molar-refractivity contribution in [1.82, 2.24) is 20.0 Å². The van der Waals surface area contributed by atoms with Crippen molar-refractivity contribution in [3.8, 4) is 0 Å². The number of rotatable bonds is 7. The molecular weight excluding hydrogens is 268 g/mol. The van der Waals surface area contributed by atoms with Gasteiger partial charge in [-0.3, -0.25) is 4.68 Å². The average Bonchev–Trinajstić information content (AvgIpc) is 2.82. The predicted molar refractivity (Wildman–Crippen MR) is 81.4 cm³/mol. The van der Waals surface area contributed by atoms with Gasteiger partial charge in [-0.1, -0.05) is 6.42 Å². The van der Waals surface area contributed by atoms with Crippen LogP contribution < -0.4 is 5.32 Å². The van der Waals surface area contributed by atoms with Crippen LogP contribution in [-0.4, -0.2) is 51.4 Å². The van der Waals surface area contributed by atoms with Crippen molar-refractivity contribution in [1.29, 1.82) is 0 Å². The van der Waals surface area contributed by atoms with Crippen molar-refractivity contribution in [3.63, 3.8) is 0 Å². The Labute approximate surface area is 126 Å². The zero-order valence-corrected chi connectivity index (χ0v) is 13.0. The van der Waals surface area contributed by atoms with Crippen molar-refractivity contribution in [2.24, 2.45) is 7.05 Å². The number of hydrogen-bond acceptors (Lipinski definition) is 4. The van der Waals surface area contributed by atoms with Gasteiger partial charge in [-0.15, -0.1) is 0 Å². The molecule has 0 bridgehead atoms. The summed E-state index contributed by atoms with van der Waals surface area (Å²) in [5.41, 5.74) is 1.02. The smallest absolute Gasteiger partial charge is 0.339 e. The van der Waals surface area contributed by atoms with E-state index < -0.39 is 5.97 Å². The van der Waals surface area contributed by atoms with Gasteiger partial charge >= 0.3 is 5.97 Å². The third-order valence-corrected chi connectivity index (χ3v) is 4.32. The summed E-state index contributed by atoms with van der Waals surface area (Å²) in [5, 5.41) is 16.4. The Morgan fingerprint density at radius 2 is 2.33 bits per heavy atom. The number of likely N-dealkylation sites (tertiary alicyclic amines) is 1. The number of aromatic carboxylic acids is 1. The van der Waals surface area contributed by atoms with Gasteiger partial charge in [0.25, 0.3) is 0 Å². The Bertz CT molecular complexity index is 472. The van der Waals surface area contributed by atoms with E-state index in [1.807, 2.05) is 0 Å². The van der Waals surface area contributed by atoms with Crippen molar-refractivity contribution in [2.75, 3.05) is 19.6 Å². The van der Waals surface area contributed by atoms with E-state index in [1.165, 1.54) is 32.0 Å². The Kier molecular flexibility index (Phi) is 5.76. The lowest BCUT2D eigenvalue weighted by atomic mass is 10.0. The maximum atomic E-state index is 11.1. The second kappa shape index (κ2) is 7.56. The van der Waals surface area contributed by atoms with Crippen LogP contribution >= 0.6 is 0 Å². The number of hydrogen-bond donors (Lipinski definition) is 2. The molecule has 1 unspecified atom stereocenters. The van der Waals surface area contributed by atoms with Crippen molar-refractivity contribution in [3.05, 3.63) is 17.5 Å². The summed E-state index contributed by atoms with van der Waals surface area (Å²) in [5.74, 6) is -0.915. The molecule has 2 N–H and O–H groups in total. The normalized spacial score (nSPS) is 19.8. The fourth-order valence-corrected chi connectivity index (χ4v) is 2.95. The lowest BCUT2D eigenvalue weighted by Gasteiger charge is -2.33. The Hall–Kier alpha value is -1.40. The van der Waals surface area contributed by atoms with Gasteiger partial charge in [0.1, 0.15) is 5.56 Å². The van der Waals surface area contributed by atoms with Crippen LogP contribution in [0.5, 0.6) is 0 Å². The average molecular weight is 294 g/mol. The van der Waals surface area contributed by atoms with E-state index in [9.17, 15) is 4.79 Å². The minimum absolute atomic E-state index is 0.287. The number of carboxylic acid groups (broad SMARTS) is 1. The van der Waals surface area contributed by atoms with Crippen LogP contribution in [0.3, 0.4) is 0 Å². The van der Waals surface area contributed by atoms with Crippen LogP contribution in [0.2, 0.25) is 0 Å². The summed E-state index contributed by atoms with van der Waals surface area (Å²) in [7, 11) is 1.78. The zero-order chi connectivity index (χ0) is 15.2. The number of carbonyl (C=O) groups is 1. The fraction of sp³-hybridized carbons (Fsp3) is 0.733. The first kappa shape index (κ1) is 16.0. The van der Waals surface area contributed by atoms with Crippen LogP contribution in [-0.2, 0) is 13.6 Å². The Balaban J connectivity index is 1.70. The molecule has 0 aliphatic carbocycles. The molecule has 21 heavy (non-hydrogen) atoms. The molecule has 1 aromatic rings. The van der Waals surface area contributed by atoms with E-state index in [2.05, 4.69) is 22.2 Å². The molecule has 1 aromatic heterocycles. The molecule has 0 amide bonds. The van der Waals surface area contributed by atoms with Gasteiger partial charge in [0, 0.05) is 19.6 Å². The standard InChI is InChI=1S/C15H26N4O2/c1-12-6-3-4-8-19(12)9-5-7-16-11-14-13(15(20)21)10-17-18(14)2/h10,12,16H,3-9,11H2,1-2H3,(H,20,21). The molecule has 118 valence electrons. The maximum absolute atomic E-state index is 11.1. The van der Waals surface area contributed by atoms with Gasteiger partial charge in [0.05, 0.1) is 11.9 Å². The number of nitrogens with one attached hydrogen (secondary N) is 1. The minimum Gasteiger partial charge on any atom is -0.478 e. The molecular formula is C15H26N4O2. The van der Waals surface area contributed by atoms with E-state index in [4.69, 9.17) is 5.11 Å². The highest BCUT2D eigenvalue weighted by molar-refractivity contribution is 5.88. The summed E-state index contributed by atoms with van der Waals surface area (Å²) < 4.78 is 1.63. The first-order chi connectivity index (χ1) is 10.1. The number of nitrogens with zero attached hydrogens (tertiary/aromatic N) is 3. The number of piperidine rings is 1. The quantitative estimate of drug-likeness (QED) is 0.745. The first-order valence-electron chi connectivity index (χ1n) is 7.78. The summed E-state index contributed by atoms with van der Waals surface area (Å²) in [6.07, 6.45) is 6.48. The minimum atomic E-state index is -0.915. The third kappa shape index (κ3) is 4.28. The molecule has 1 fully saturated rings. The van der Waals surface area contributed by atoms with Crippen molar-refractivity contribution < 1.29 is 9.90 Å². The maximum Gasteiger partial charge on any atom is 0.339 e. The van der Waals surface area contributed by atoms with E-state index in [-0.39, 0.29) is 5.56 Å². The number of aryl methyl sites for hydroxylation is 1. The molecule has 2 heterocycles. The highest BCUT2D eigenvalue weighted by Crippen LogP contribution is 2.16. The fourth-order valence-electron chi connectivity index (χ4n) is 2.95. The van der Waals surface area contributed by atoms with E-state index in [0.29, 0.717) is 12.6 Å². The van der Waals surface area contributed by atoms with E-state index in [1.54, 1.807) is 11.7 Å². The summed E-state index contributed by atoms with van der Waals surface area (Å²) in [6, 6.07) is 0.703. The molecule has 0 saturated carbocycles. The molecule has 0 spiro atoms. The molecule has 1 aliphatic heterocycles. The lowest BCUT2D eigenvalue weighted by Crippen LogP contribution is -2.38. The molecule has 1 atom stereocenters. The van der Waals surface area contributed by atoms with Crippen LogP contribution in [0.4, 0.5) is 0 Å². The predicted octanol–water partition coefficient (Wildman–Crippen LogP) is 1.47. The molecule has 0 aromatic carbocycles. The van der Waals surface area contributed by atoms with Crippen LogP contribution in [0, 0.1) is 0 Å². The molecule has 0 radical (unpaired) electrons.